The van der Waals surface area contributed by atoms with Crippen molar-refractivity contribution < 1.29 is 4.39 Å². The van der Waals surface area contributed by atoms with Crippen LogP contribution in [0.5, 0.6) is 0 Å². The number of benzene rings is 1. The molecule has 0 aliphatic carbocycles. The van der Waals surface area contributed by atoms with Gasteiger partial charge in [0.15, 0.2) is 0 Å². The lowest BCUT2D eigenvalue weighted by molar-refractivity contribution is 0.0886. The van der Waals surface area contributed by atoms with E-state index in [-0.39, 0.29) is 5.92 Å². The zero-order valence-corrected chi connectivity index (χ0v) is 9.70. The van der Waals surface area contributed by atoms with Crippen LogP contribution in [0.2, 0.25) is 0 Å². The molecule has 88 valence electrons. The van der Waals surface area contributed by atoms with Crippen LogP contribution in [0, 0.1) is 5.92 Å². The predicted molar refractivity (Wildman–Crippen MR) is 64.8 cm³/mol. The SMILES string of the molecule is CC1CCN(Cc2ccc(N)cc2)C[C@H]1F. The number of nitrogens with zero attached hydrogens (tertiary/aromatic N) is 1. The van der Waals surface area contributed by atoms with E-state index in [4.69, 9.17) is 5.73 Å². The smallest absolute Gasteiger partial charge is 0.115 e. The van der Waals surface area contributed by atoms with Crippen molar-refractivity contribution in [2.75, 3.05) is 18.8 Å². The third kappa shape index (κ3) is 2.73. The third-order valence-corrected chi connectivity index (χ3v) is 3.34. The Balaban J connectivity index is 1.93. The minimum absolute atomic E-state index is 0.211. The number of hydrogen-bond acceptors (Lipinski definition) is 2. The number of anilines is 1. The maximum Gasteiger partial charge on any atom is 0.115 e. The number of nitrogen functional groups attached to an aromatic ring is 1. The maximum atomic E-state index is 13.5. The predicted octanol–water partition coefficient (Wildman–Crippen LogP) is 2.45. The summed E-state index contributed by atoms with van der Waals surface area (Å²) < 4.78 is 13.5. The van der Waals surface area contributed by atoms with Gasteiger partial charge < -0.3 is 5.73 Å². The normalized spacial score (nSPS) is 26.9. The van der Waals surface area contributed by atoms with Gasteiger partial charge in [-0.05, 0) is 36.6 Å². The third-order valence-electron chi connectivity index (χ3n) is 3.34. The fraction of sp³-hybridized carbons (Fsp3) is 0.538. The molecule has 2 atom stereocenters. The zero-order valence-electron chi connectivity index (χ0n) is 9.70. The minimum atomic E-state index is -0.678. The molecule has 0 radical (unpaired) electrons. The van der Waals surface area contributed by atoms with Gasteiger partial charge in [0.05, 0.1) is 0 Å². The molecule has 2 nitrogen and oxygen atoms in total. The molecule has 1 aromatic carbocycles. The summed E-state index contributed by atoms with van der Waals surface area (Å²) in [5.41, 5.74) is 7.61. The van der Waals surface area contributed by atoms with E-state index < -0.39 is 6.17 Å². The first-order chi connectivity index (χ1) is 7.65. The molecule has 0 amide bonds. The van der Waals surface area contributed by atoms with Gasteiger partial charge in [-0.1, -0.05) is 19.1 Å². The van der Waals surface area contributed by atoms with Gasteiger partial charge in [0.25, 0.3) is 0 Å². The molecule has 2 rings (SSSR count). The van der Waals surface area contributed by atoms with E-state index in [0.29, 0.717) is 6.54 Å². The second-order valence-electron chi connectivity index (χ2n) is 4.76. The summed E-state index contributed by atoms with van der Waals surface area (Å²) in [5.74, 6) is 0.211. The van der Waals surface area contributed by atoms with Crippen LogP contribution in [0.15, 0.2) is 24.3 Å². The number of likely N-dealkylation sites (tertiary alicyclic amines) is 1. The molecule has 0 saturated carbocycles. The molecule has 1 aliphatic rings. The molecular formula is C13H19FN2. The van der Waals surface area contributed by atoms with Gasteiger partial charge in [-0.2, -0.15) is 0 Å². The molecule has 1 aromatic rings. The van der Waals surface area contributed by atoms with Gasteiger partial charge >= 0.3 is 0 Å². The summed E-state index contributed by atoms with van der Waals surface area (Å²) in [6.45, 7) is 4.37. The molecule has 16 heavy (non-hydrogen) atoms. The molecule has 1 aliphatic heterocycles. The molecular weight excluding hydrogens is 203 g/mol. The van der Waals surface area contributed by atoms with Crippen molar-refractivity contribution in [1.29, 1.82) is 0 Å². The highest BCUT2D eigenvalue weighted by atomic mass is 19.1. The topological polar surface area (TPSA) is 29.3 Å². The van der Waals surface area contributed by atoms with Crippen molar-refractivity contribution in [1.82, 2.24) is 4.90 Å². The summed E-state index contributed by atoms with van der Waals surface area (Å²) in [6.07, 6.45) is 0.276. The Morgan fingerprint density at radius 2 is 2.06 bits per heavy atom. The quantitative estimate of drug-likeness (QED) is 0.779. The van der Waals surface area contributed by atoms with Crippen LogP contribution in [0.25, 0.3) is 0 Å². The Morgan fingerprint density at radius 3 is 2.69 bits per heavy atom. The van der Waals surface area contributed by atoms with Gasteiger partial charge in [0.1, 0.15) is 6.17 Å². The van der Waals surface area contributed by atoms with Crippen molar-refractivity contribution in [3.8, 4) is 0 Å². The van der Waals surface area contributed by atoms with Gasteiger partial charge in [-0.15, -0.1) is 0 Å². The van der Waals surface area contributed by atoms with Crippen molar-refractivity contribution in [3.05, 3.63) is 29.8 Å². The molecule has 1 heterocycles. The Morgan fingerprint density at radius 1 is 1.38 bits per heavy atom. The number of nitrogens with two attached hydrogens (primary N) is 1. The lowest BCUT2D eigenvalue weighted by Gasteiger charge is -2.32. The van der Waals surface area contributed by atoms with Crippen LogP contribution in [-0.2, 0) is 6.54 Å². The number of halogens is 1. The average Bonchev–Trinajstić information content (AvgIpc) is 2.27. The molecule has 0 bridgehead atoms. The Labute approximate surface area is 96.2 Å². The monoisotopic (exact) mass is 222 g/mol. The first-order valence-electron chi connectivity index (χ1n) is 5.86. The summed E-state index contributed by atoms with van der Waals surface area (Å²) in [7, 11) is 0. The van der Waals surface area contributed by atoms with E-state index >= 15 is 0 Å². The highest BCUT2D eigenvalue weighted by Crippen LogP contribution is 2.21. The van der Waals surface area contributed by atoms with Gasteiger partial charge in [0, 0.05) is 18.8 Å². The largest absolute Gasteiger partial charge is 0.399 e. The van der Waals surface area contributed by atoms with E-state index in [0.717, 1.165) is 25.2 Å². The van der Waals surface area contributed by atoms with Crippen LogP contribution >= 0.6 is 0 Å². The number of piperidine rings is 1. The Bertz CT molecular complexity index is 336. The highest BCUT2D eigenvalue weighted by molar-refractivity contribution is 5.39. The first kappa shape index (κ1) is 11.4. The molecule has 1 unspecified atom stereocenters. The summed E-state index contributed by atoms with van der Waals surface area (Å²) in [4.78, 5) is 2.18. The standard InChI is InChI=1S/C13H19FN2/c1-10-6-7-16(9-13(10)14)8-11-2-4-12(15)5-3-11/h2-5,10,13H,6-9,15H2,1H3/t10?,13-/m1/s1. The van der Waals surface area contributed by atoms with Crippen molar-refractivity contribution in [3.63, 3.8) is 0 Å². The van der Waals surface area contributed by atoms with E-state index in [9.17, 15) is 4.39 Å². The number of rotatable bonds is 2. The van der Waals surface area contributed by atoms with E-state index in [1.54, 1.807) is 0 Å². The van der Waals surface area contributed by atoms with Gasteiger partial charge in [-0.25, -0.2) is 4.39 Å². The summed E-state index contributed by atoms with van der Waals surface area (Å²) >= 11 is 0. The summed E-state index contributed by atoms with van der Waals surface area (Å²) in [5, 5.41) is 0. The molecule has 0 spiro atoms. The number of alkyl halides is 1. The Hall–Kier alpha value is -1.09. The second kappa shape index (κ2) is 4.83. The van der Waals surface area contributed by atoms with E-state index in [1.807, 2.05) is 31.2 Å². The molecule has 0 aromatic heterocycles. The Kier molecular flexibility index (Phi) is 3.44. The highest BCUT2D eigenvalue weighted by Gasteiger charge is 2.25. The molecule has 3 heteroatoms. The van der Waals surface area contributed by atoms with Crippen LogP contribution in [0.1, 0.15) is 18.9 Å². The first-order valence-corrected chi connectivity index (χ1v) is 5.86. The van der Waals surface area contributed by atoms with Crippen molar-refractivity contribution in [2.45, 2.75) is 26.1 Å². The van der Waals surface area contributed by atoms with E-state index in [1.165, 1.54) is 5.56 Å². The van der Waals surface area contributed by atoms with Crippen molar-refractivity contribution >= 4 is 5.69 Å². The van der Waals surface area contributed by atoms with Crippen LogP contribution in [0.3, 0.4) is 0 Å². The lowest BCUT2D eigenvalue weighted by atomic mass is 9.97. The van der Waals surface area contributed by atoms with Crippen molar-refractivity contribution in [2.24, 2.45) is 5.92 Å². The zero-order chi connectivity index (χ0) is 11.5. The fourth-order valence-corrected chi connectivity index (χ4v) is 2.11. The molecule has 1 fully saturated rings. The molecule has 2 N–H and O–H groups in total. The van der Waals surface area contributed by atoms with E-state index in [2.05, 4.69) is 4.90 Å². The van der Waals surface area contributed by atoms with Crippen LogP contribution in [-0.4, -0.2) is 24.2 Å². The van der Waals surface area contributed by atoms with Gasteiger partial charge in [-0.3, -0.25) is 4.90 Å². The van der Waals surface area contributed by atoms with Gasteiger partial charge in [0.2, 0.25) is 0 Å². The van der Waals surface area contributed by atoms with Crippen LogP contribution < -0.4 is 5.73 Å². The number of hydrogen-bond donors (Lipinski definition) is 1. The second-order valence-corrected chi connectivity index (χ2v) is 4.76. The fourth-order valence-electron chi connectivity index (χ4n) is 2.11. The average molecular weight is 222 g/mol. The lowest BCUT2D eigenvalue weighted by Crippen LogP contribution is -2.40. The minimum Gasteiger partial charge on any atom is -0.399 e. The maximum absolute atomic E-state index is 13.5. The molecule has 1 saturated heterocycles. The van der Waals surface area contributed by atoms with Crippen LogP contribution in [0.4, 0.5) is 10.1 Å². The summed E-state index contributed by atoms with van der Waals surface area (Å²) in [6, 6.07) is 7.82.